The van der Waals surface area contributed by atoms with Gasteiger partial charge >= 0.3 is 5.97 Å². The summed E-state index contributed by atoms with van der Waals surface area (Å²) in [6.07, 6.45) is 0. The number of carbonyl (C=O) groups is 2. The summed E-state index contributed by atoms with van der Waals surface area (Å²) in [5.74, 6) is 5.22. The first-order valence-corrected chi connectivity index (χ1v) is 15.2. The summed E-state index contributed by atoms with van der Waals surface area (Å²) in [5, 5.41) is 3.71. The van der Waals surface area contributed by atoms with Gasteiger partial charge in [-0.15, -0.1) is 0 Å². The number of anilines is 1. The molecule has 4 aromatic rings. The van der Waals surface area contributed by atoms with Crippen LogP contribution in [-0.2, 0) is 19.6 Å². The summed E-state index contributed by atoms with van der Waals surface area (Å²) < 4.78 is 38.8. The Bertz CT molecular complexity index is 1800. The third-order valence-electron chi connectivity index (χ3n) is 6.82. The number of fused-ring (bicyclic) bond motifs is 1. The van der Waals surface area contributed by atoms with Crippen LogP contribution in [0.1, 0.15) is 35.5 Å². The lowest BCUT2D eigenvalue weighted by atomic mass is 10.0. The molecule has 0 unspecified atom stereocenters. The van der Waals surface area contributed by atoms with E-state index in [9.17, 15) is 18.0 Å². The highest BCUT2D eigenvalue weighted by Crippen LogP contribution is 2.29. The number of aryl methyl sites for hydroxylation is 1. The molecule has 1 heterocycles. The number of ether oxygens (including phenoxy) is 1. The minimum Gasteiger partial charge on any atom is -0.468 e. The van der Waals surface area contributed by atoms with E-state index in [1.807, 2.05) is 56.3 Å². The first-order valence-electron chi connectivity index (χ1n) is 13.7. The first kappa shape index (κ1) is 31.5. The maximum absolute atomic E-state index is 13.1. The monoisotopic (exact) mass is 601 g/mol. The van der Waals surface area contributed by atoms with Gasteiger partial charge in [-0.2, -0.15) is 4.72 Å². The van der Waals surface area contributed by atoms with E-state index in [4.69, 9.17) is 9.15 Å². The molecule has 0 spiro atoms. The highest BCUT2D eigenvalue weighted by Gasteiger charge is 2.29. The van der Waals surface area contributed by atoms with E-state index in [2.05, 4.69) is 21.9 Å². The average molecular weight is 602 g/mol. The third-order valence-corrected chi connectivity index (χ3v) is 8.28. The summed E-state index contributed by atoms with van der Waals surface area (Å²) in [6.45, 7) is 5.93. The summed E-state index contributed by atoms with van der Waals surface area (Å²) in [5.41, 5.74) is 4.30. The van der Waals surface area contributed by atoms with Crippen molar-refractivity contribution in [1.82, 2.24) is 9.62 Å². The van der Waals surface area contributed by atoms with Crippen LogP contribution in [0, 0.1) is 24.7 Å². The number of sulfonamides is 1. The number of methoxy groups -OCH3 is 1. The van der Waals surface area contributed by atoms with Gasteiger partial charge in [-0.25, -0.2) is 8.42 Å². The molecule has 0 bridgehead atoms. The largest absolute Gasteiger partial charge is 0.468 e. The van der Waals surface area contributed by atoms with Crippen molar-refractivity contribution < 1.29 is 27.2 Å². The standard InChI is InChI=1S/C33H35N3O6S/c1-21(2)30(33(38)41-6)35-43(39,40)27-18-14-24(15-19-27)23-12-16-26(17-13-23)34-32(37)31-22(3)29-25(10-8-20-36(4)5)9-7-11-28(29)42-31/h7,9,11-19,21,30,35H,20H2,1-6H3,(H,34,37)/t30-/m0/s1. The Morgan fingerprint density at radius 3 is 2.19 bits per heavy atom. The second-order valence-electron chi connectivity index (χ2n) is 10.7. The number of hydrogen-bond donors (Lipinski definition) is 2. The number of carbonyl (C=O) groups excluding carboxylic acids is 2. The van der Waals surface area contributed by atoms with Crippen LogP contribution < -0.4 is 10.0 Å². The van der Waals surface area contributed by atoms with Crippen LogP contribution in [0.5, 0.6) is 0 Å². The van der Waals surface area contributed by atoms with Gasteiger partial charge in [-0.1, -0.05) is 56.0 Å². The molecule has 43 heavy (non-hydrogen) atoms. The number of furan rings is 1. The van der Waals surface area contributed by atoms with Crippen molar-refractivity contribution in [3.8, 4) is 23.0 Å². The Kier molecular flexibility index (Phi) is 9.71. The van der Waals surface area contributed by atoms with E-state index in [-0.39, 0.29) is 22.5 Å². The van der Waals surface area contributed by atoms with Crippen LogP contribution in [0.4, 0.5) is 5.69 Å². The fourth-order valence-corrected chi connectivity index (χ4v) is 5.83. The quantitative estimate of drug-likeness (QED) is 0.204. The highest BCUT2D eigenvalue weighted by atomic mass is 32.2. The molecule has 0 radical (unpaired) electrons. The lowest BCUT2D eigenvalue weighted by Crippen LogP contribution is -2.44. The predicted molar refractivity (Wildman–Crippen MR) is 167 cm³/mol. The lowest BCUT2D eigenvalue weighted by Gasteiger charge is -2.19. The topological polar surface area (TPSA) is 118 Å². The molecular formula is C33H35N3O6S. The minimum absolute atomic E-state index is 0.0303. The van der Waals surface area contributed by atoms with Gasteiger partial charge < -0.3 is 14.5 Å². The van der Waals surface area contributed by atoms with Gasteiger partial charge in [-0.05, 0) is 74.5 Å². The van der Waals surface area contributed by atoms with E-state index >= 15 is 0 Å². The molecule has 9 nitrogen and oxygen atoms in total. The molecule has 0 saturated heterocycles. The molecule has 224 valence electrons. The third kappa shape index (κ3) is 7.32. The summed E-state index contributed by atoms with van der Waals surface area (Å²) in [4.78, 5) is 27.2. The molecule has 10 heteroatoms. The number of benzene rings is 3. The van der Waals surface area contributed by atoms with Crippen molar-refractivity contribution in [1.29, 1.82) is 0 Å². The Labute approximate surface area is 252 Å². The Morgan fingerprint density at radius 1 is 0.977 bits per heavy atom. The van der Waals surface area contributed by atoms with Gasteiger partial charge in [0.15, 0.2) is 5.76 Å². The summed E-state index contributed by atoms with van der Waals surface area (Å²) in [6, 6.07) is 18.1. The predicted octanol–water partition coefficient (Wildman–Crippen LogP) is 5.05. The fraction of sp³-hybridized carbons (Fsp3) is 0.273. The van der Waals surface area contributed by atoms with Crippen molar-refractivity contribution >= 4 is 38.6 Å². The van der Waals surface area contributed by atoms with Gasteiger partial charge in [0.05, 0.1) is 18.6 Å². The van der Waals surface area contributed by atoms with Crippen molar-refractivity contribution in [2.45, 2.75) is 31.7 Å². The minimum atomic E-state index is -3.95. The van der Waals surface area contributed by atoms with Crippen molar-refractivity contribution in [3.63, 3.8) is 0 Å². The van der Waals surface area contributed by atoms with Crippen LogP contribution in [0.25, 0.3) is 22.1 Å². The molecule has 1 aromatic heterocycles. The van der Waals surface area contributed by atoms with Crippen LogP contribution >= 0.6 is 0 Å². The molecule has 0 fully saturated rings. The Balaban J connectivity index is 1.48. The fourth-order valence-electron chi connectivity index (χ4n) is 4.50. The molecule has 2 N–H and O–H groups in total. The number of hydrogen-bond acceptors (Lipinski definition) is 7. The van der Waals surface area contributed by atoms with Crippen LogP contribution in [0.15, 0.2) is 76.0 Å². The average Bonchev–Trinajstić information content (AvgIpc) is 3.33. The van der Waals surface area contributed by atoms with Crippen LogP contribution in [0.3, 0.4) is 0 Å². The van der Waals surface area contributed by atoms with Crippen molar-refractivity contribution in [2.75, 3.05) is 33.1 Å². The van der Waals surface area contributed by atoms with E-state index in [1.54, 1.807) is 38.1 Å². The van der Waals surface area contributed by atoms with Gasteiger partial charge in [0.2, 0.25) is 10.0 Å². The van der Waals surface area contributed by atoms with E-state index < -0.39 is 22.0 Å². The lowest BCUT2D eigenvalue weighted by molar-refractivity contribution is -0.143. The number of nitrogens with one attached hydrogen (secondary N) is 2. The molecule has 0 aliphatic carbocycles. The zero-order chi connectivity index (χ0) is 31.3. The summed E-state index contributed by atoms with van der Waals surface area (Å²) in [7, 11) is 1.18. The van der Waals surface area contributed by atoms with E-state index in [0.717, 1.165) is 27.6 Å². The van der Waals surface area contributed by atoms with E-state index in [0.29, 0.717) is 17.8 Å². The van der Waals surface area contributed by atoms with Crippen LogP contribution in [-0.4, -0.2) is 59.0 Å². The molecule has 0 aliphatic rings. The zero-order valence-corrected chi connectivity index (χ0v) is 25.8. The zero-order valence-electron chi connectivity index (χ0n) is 25.0. The number of amides is 1. The van der Waals surface area contributed by atoms with Crippen molar-refractivity contribution in [2.24, 2.45) is 5.92 Å². The second-order valence-corrected chi connectivity index (χ2v) is 12.4. The van der Waals surface area contributed by atoms with Crippen LogP contribution in [0.2, 0.25) is 0 Å². The highest BCUT2D eigenvalue weighted by molar-refractivity contribution is 7.89. The maximum atomic E-state index is 13.1. The molecule has 1 amide bonds. The molecule has 1 atom stereocenters. The van der Waals surface area contributed by atoms with Gasteiger partial charge in [0.25, 0.3) is 5.91 Å². The van der Waals surface area contributed by atoms with Gasteiger partial charge in [-0.3, -0.25) is 14.5 Å². The molecule has 0 saturated carbocycles. The number of esters is 1. The van der Waals surface area contributed by atoms with Gasteiger partial charge in [0, 0.05) is 22.2 Å². The van der Waals surface area contributed by atoms with E-state index in [1.165, 1.54) is 19.2 Å². The Morgan fingerprint density at radius 2 is 1.60 bits per heavy atom. The molecule has 4 rings (SSSR count). The number of nitrogens with zero attached hydrogens (tertiary/aromatic N) is 1. The Hall–Kier alpha value is -4.43. The molecule has 3 aromatic carbocycles. The normalized spacial score (nSPS) is 12.2. The maximum Gasteiger partial charge on any atom is 0.324 e. The van der Waals surface area contributed by atoms with Crippen molar-refractivity contribution in [3.05, 3.63) is 83.6 Å². The second kappa shape index (κ2) is 13.3. The van der Waals surface area contributed by atoms with Gasteiger partial charge in [0.1, 0.15) is 11.6 Å². The smallest absolute Gasteiger partial charge is 0.324 e. The summed E-state index contributed by atoms with van der Waals surface area (Å²) >= 11 is 0. The molecular weight excluding hydrogens is 566 g/mol. The number of rotatable bonds is 9. The SMILES string of the molecule is COC(=O)[C@@H](NS(=O)(=O)c1ccc(-c2ccc(NC(=O)c3oc4cccc(C#CCN(C)C)c4c3C)cc2)cc1)C(C)C. The molecule has 0 aliphatic heterocycles. The first-order chi connectivity index (χ1) is 20.4.